The number of alkyl halides is 3. The van der Waals surface area contributed by atoms with Crippen LogP contribution in [0.2, 0.25) is 0 Å². The first-order chi connectivity index (χ1) is 12.8. The minimum atomic E-state index is -4.43. The lowest BCUT2D eigenvalue weighted by molar-refractivity contribution is -0.137. The van der Waals surface area contributed by atoms with E-state index in [-0.39, 0.29) is 23.8 Å². The zero-order valence-electron chi connectivity index (χ0n) is 14.8. The van der Waals surface area contributed by atoms with E-state index in [0.717, 1.165) is 12.1 Å². The van der Waals surface area contributed by atoms with E-state index >= 15 is 0 Å². The van der Waals surface area contributed by atoms with Gasteiger partial charge in [-0.3, -0.25) is 9.13 Å². The Balaban J connectivity index is 0.00000225. The standard InChI is InChI=1S/C18H14F3N5O.ClH/c1-25-14-7-12-13(8-15(14)26(2)17(25)27)22-9-23-16(12)24-11-5-3-4-10(6-11)18(19,20)21;/h3-9H,1-2H3,(H,22,23,24);1H. The van der Waals surface area contributed by atoms with Gasteiger partial charge in [0.2, 0.25) is 0 Å². The molecule has 1 N–H and O–H groups in total. The van der Waals surface area contributed by atoms with Crippen molar-refractivity contribution in [2.24, 2.45) is 14.1 Å². The van der Waals surface area contributed by atoms with E-state index in [9.17, 15) is 18.0 Å². The molecule has 0 aliphatic heterocycles. The molecule has 2 aromatic heterocycles. The predicted molar refractivity (Wildman–Crippen MR) is 103 cm³/mol. The molecule has 0 atom stereocenters. The van der Waals surface area contributed by atoms with Gasteiger partial charge in [0.15, 0.2) is 0 Å². The Hall–Kier alpha value is -3.07. The molecule has 0 spiro atoms. The summed E-state index contributed by atoms with van der Waals surface area (Å²) in [6.07, 6.45) is -3.11. The molecule has 4 aromatic rings. The molecule has 0 saturated heterocycles. The monoisotopic (exact) mass is 409 g/mol. The van der Waals surface area contributed by atoms with Gasteiger partial charge in [0.25, 0.3) is 0 Å². The quantitative estimate of drug-likeness (QED) is 0.543. The normalized spacial score (nSPS) is 11.6. The van der Waals surface area contributed by atoms with Gasteiger partial charge >= 0.3 is 11.9 Å². The number of rotatable bonds is 2. The van der Waals surface area contributed by atoms with Crippen LogP contribution in [-0.4, -0.2) is 19.1 Å². The molecule has 2 heterocycles. The van der Waals surface area contributed by atoms with Gasteiger partial charge in [0, 0.05) is 25.2 Å². The molecule has 0 bridgehead atoms. The average Bonchev–Trinajstić information content (AvgIpc) is 2.84. The molecular formula is C18H15ClF3N5O. The van der Waals surface area contributed by atoms with Crippen LogP contribution in [0.1, 0.15) is 5.56 Å². The van der Waals surface area contributed by atoms with Crippen LogP contribution in [0.25, 0.3) is 21.9 Å². The Bertz CT molecular complexity index is 1250. The van der Waals surface area contributed by atoms with Crippen molar-refractivity contribution in [2.75, 3.05) is 5.32 Å². The van der Waals surface area contributed by atoms with Crippen molar-refractivity contribution >= 4 is 45.8 Å². The van der Waals surface area contributed by atoms with Crippen LogP contribution in [0.4, 0.5) is 24.7 Å². The molecule has 0 fully saturated rings. The lowest BCUT2D eigenvalue weighted by Gasteiger charge is -2.11. The number of hydrogen-bond acceptors (Lipinski definition) is 4. The summed E-state index contributed by atoms with van der Waals surface area (Å²) in [4.78, 5) is 20.5. The predicted octanol–water partition coefficient (Wildman–Crippen LogP) is 4.00. The molecule has 0 unspecified atom stereocenters. The summed E-state index contributed by atoms with van der Waals surface area (Å²) in [5, 5.41) is 3.52. The Kier molecular flexibility index (Phi) is 4.80. The molecule has 0 amide bonds. The maximum absolute atomic E-state index is 12.9. The second-order valence-electron chi connectivity index (χ2n) is 6.18. The number of imidazole rings is 1. The maximum Gasteiger partial charge on any atom is 0.416 e. The van der Waals surface area contributed by atoms with Gasteiger partial charge in [0.05, 0.1) is 22.1 Å². The highest BCUT2D eigenvalue weighted by atomic mass is 35.5. The van der Waals surface area contributed by atoms with Crippen LogP contribution in [0.5, 0.6) is 0 Å². The highest BCUT2D eigenvalue weighted by Crippen LogP contribution is 2.32. The topological polar surface area (TPSA) is 64.7 Å². The summed E-state index contributed by atoms with van der Waals surface area (Å²) >= 11 is 0. The number of anilines is 2. The molecule has 28 heavy (non-hydrogen) atoms. The number of hydrogen-bond donors (Lipinski definition) is 1. The Labute approximate surface area is 163 Å². The zero-order chi connectivity index (χ0) is 19.3. The number of halogens is 4. The highest BCUT2D eigenvalue weighted by Gasteiger charge is 2.30. The zero-order valence-corrected chi connectivity index (χ0v) is 15.6. The van der Waals surface area contributed by atoms with Gasteiger partial charge < -0.3 is 5.32 Å². The van der Waals surface area contributed by atoms with Gasteiger partial charge in [-0.2, -0.15) is 13.2 Å². The van der Waals surface area contributed by atoms with Crippen molar-refractivity contribution in [1.82, 2.24) is 19.1 Å². The Morgan fingerprint density at radius 3 is 2.36 bits per heavy atom. The van der Waals surface area contributed by atoms with Crippen molar-refractivity contribution in [2.45, 2.75) is 6.18 Å². The van der Waals surface area contributed by atoms with Crippen LogP contribution >= 0.6 is 12.4 Å². The summed E-state index contributed by atoms with van der Waals surface area (Å²) in [5.74, 6) is 0.359. The Morgan fingerprint density at radius 2 is 1.68 bits per heavy atom. The molecule has 0 radical (unpaired) electrons. The van der Waals surface area contributed by atoms with Gasteiger partial charge in [0.1, 0.15) is 12.1 Å². The SMILES string of the molecule is Cl.Cn1c(=O)n(C)c2cc3c(Nc4cccc(C(F)(F)F)c4)ncnc3cc21. The van der Waals surface area contributed by atoms with Gasteiger partial charge in [-0.15, -0.1) is 12.4 Å². The molecule has 2 aromatic carbocycles. The Morgan fingerprint density at radius 1 is 1.00 bits per heavy atom. The first-order valence-corrected chi connectivity index (χ1v) is 8.00. The fourth-order valence-electron chi connectivity index (χ4n) is 3.06. The van der Waals surface area contributed by atoms with Crippen LogP contribution in [0.3, 0.4) is 0 Å². The molecule has 146 valence electrons. The number of aromatic nitrogens is 4. The van der Waals surface area contributed by atoms with Crippen LogP contribution in [0, 0.1) is 0 Å². The van der Waals surface area contributed by atoms with E-state index in [2.05, 4.69) is 15.3 Å². The van der Waals surface area contributed by atoms with Gasteiger partial charge in [-0.1, -0.05) is 6.07 Å². The van der Waals surface area contributed by atoms with Crippen molar-refractivity contribution < 1.29 is 13.2 Å². The third-order valence-corrected chi connectivity index (χ3v) is 4.48. The van der Waals surface area contributed by atoms with Crippen molar-refractivity contribution in [3.05, 3.63) is 58.8 Å². The van der Waals surface area contributed by atoms with E-state index in [0.29, 0.717) is 27.8 Å². The van der Waals surface area contributed by atoms with Crippen molar-refractivity contribution in [3.63, 3.8) is 0 Å². The van der Waals surface area contributed by atoms with E-state index in [4.69, 9.17) is 0 Å². The first kappa shape index (κ1) is 19.7. The fourth-order valence-corrected chi connectivity index (χ4v) is 3.06. The molecule has 10 heteroatoms. The third-order valence-electron chi connectivity index (χ3n) is 4.48. The lowest BCUT2D eigenvalue weighted by Crippen LogP contribution is -2.19. The average molecular weight is 410 g/mol. The summed E-state index contributed by atoms with van der Waals surface area (Å²) in [5.41, 5.74) is 1.29. The van der Waals surface area contributed by atoms with Crippen LogP contribution in [0.15, 0.2) is 47.5 Å². The van der Waals surface area contributed by atoms with E-state index in [1.54, 1.807) is 26.2 Å². The molecule has 0 aliphatic rings. The minimum absolute atomic E-state index is 0. The van der Waals surface area contributed by atoms with E-state index in [1.165, 1.54) is 27.6 Å². The smallest absolute Gasteiger partial charge is 0.340 e. The molecule has 0 saturated carbocycles. The second-order valence-corrected chi connectivity index (χ2v) is 6.18. The van der Waals surface area contributed by atoms with E-state index < -0.39 is 11.7 Å². The number of aryl methyl sites for hydroxylation is 2. The maximum atomic E-state index is 12.9. The number of nitrogens with one attached hydrogen (secondary N) is 1. The van der Waals surface area contributed by atoms with E-state index in [1.807, 2.05) is 0 Å². The van der Waals surface area contributed by atoms with Crippen molar-refractivity contribution in [3.8, 4) is 0 Å². The number of benzene rings is 2. The first-order valence-electron chi connectivity index (χ1n) is 8.00. The summed E-state index contributed by atoms with van der Waals surface area (Å²) in [6.45, 7) is 0. The largest absolute Gasteiger partial charge is 0.416 e. The molecule has 4 rings (SSSR count). The van der Waals surface area contributed by atoms with Gasteiger partial charge in [-0.05, 0) is 30.3 Å². The third kappa shape index (κ3) is 3.18. The summed E-state index contributed by atoms with van der Waals surface area (Å²) in [6, 6.07) is 8.39. The lowest BCUT2D eigenvalue weighted by atomic mass is 10.1. The van der Waals surface area contributed by atoms with Crippen LogP contribution in [-0.2, 0) is 20.3 Å². The molecule has 0 aliphatic carbocycles. The van der Waals surface area contributed by atoms with Crippen LogP contribution < -0.4 is 11.0 Å². The van der Waals surface area contributed by atoms with Crippen molar-refractivity contribution in [1.29, 1.82) is 0 Å². The second kappa shape index (κ2) is 6.83. The molecule has 6 nitrogen and oxygen atoms in total. The number of fused-ring (bicyclic) bond motifs is 2. The summed E-state index contributed by atoms with van der Waals surface area (Å²) < 4.78 is 41.8. The minimum Gasteiger partial charge on any atom is -0.340 e. The molecular weight excluding hydrogens is 395 g/mol. The highest BCUT2D eigenvalue weighted by molar-refractivity contribution is 5.99. The van der Waals surface area contributed by atoms with Gasteiger partial charge in [-0.25, -0.2) is 14.8 Å². The number of nitrogens with zero attached hydrogens (tertiary/aromatic N) is 4. The summed E-state index contributed by atoms with van der Waals surface area (Å²) in [7, 11) is 3.32. The fraction of sp³-hybridized carbons (Fsp3) is 0.167.